The second-order valence-corrected chi connectivity index (χ2v) is 8.72. The van der Waals surface area contributed by atoms with E-state index >= 15 is 0 Å². The van der Waals surface area contributed by atoms with Crippen LogP contribution >= 0.6 is 12.2 Å². The Bertz CT molecular complexity index is 1310. The van der Waals surface area contributed by atoms with Gasteiger partial charge in [0.15, 0.2) is 5.11 Å². The van der Waals surface area contributed by atoms with Gasteiger partial charge in [0.05, 0.1) is 5.69 Å². The SMILES string of the molecule is O=C1NC(=S)N(c2ccc(F)cc2)C(=O)C1=Cc1ccc2c(c1)CCCN2Cc1ccccc1. The number of nitrogens with one attached hydrogen (secondary N) is 1. The lowest BCUT2D eigenvalue weighted by Gasteiger charge is -2.32. The van der Waals surface area contributed by atoms with Crippen molar-refractivity contribution in [1.82, 2.24) is 5.32 Å². The summed E-state index contributed by atoms with van der Waals surface area (Å²) in [6.07, 6.45) is 3.56. The Morgan fingerprint density at radius 1 is 1.00 bits per heavy atom. The maximum absolute atomic E-state index is 13.3. The van der Waals surface area contributed by atoms with Crippen LogP contribution in [0.1, 0.15) is 23.1 Å². The van der Waals surface area contributed by atoms with Gasteiger partial charge in [0.1, 0.15) is 11.4 Å². The Morgan fingerprint density at radius 2 is 1.76 bits per heavy atom. The van der Waals surface area contributed by atoms with E-state index in [1.165, 1.54) is 46.0 Å². The summed E-state index contributed by atoms with van der Waals surface area (Å²) in [7, 11) is 0. The van der Waals surface area contributed by atoms with E-state index in [0.29, 0.717) is 5.69 Å². The zero-order chi connectivity index (χ0) is 23.7. The number of hydrogen-bond acceptors (Lipinski definition) is 4. The summed E-state index contributed by atoms with van der Waals surface area (Å²) >= 11 is 5.21. The molecule has 1 fully saturated rings. The highest BCUT2D eigenvalue weighted by Gasteiger charge is 2.34. The van der Waals surface area contributed by atoms with Crippen LogP contribution in [-0.4, -0.2) is 23.5 Å². The first-order chi connectivity index (χ1) is 16.5. The highest BCUT2D eigenvalue weighted by atomic mass is 32.1. The average molecular weight is 472 g/mol. The molecule has 1 N–H and O–H groups in total. The van der Waals surface area contributed by atoms with Gasteiger partial charge in [0, 0.05) is 18.8 Å². The van der Waals surface area contributed by atoms with Gasteiger partial charge in [-0.3, -0.25) is 19.8 Å². The first-order valence-corrected chi connectivity index (χ1v) is 11.5. The van der Waals surface area contributed by atoms with Gasteiger partial charge in [-0.25, -0.2) is 4.39 Å². The van der Waals surface area contributed by atoms with Crippen LogP contribution in [0.25, 0.3) is 6.08 Å². The summed E-state index contributed by atoms with van der Waals surface area (Å²) < 4.78 is 13.3. The van der Waals surface area contributed by atoms with E-state index < -0.39 is 17.6 Å². The zero-order valence-corrected chi connectivity index (χ0v) is 19.1. The van der Waals surface area contributed by atoms with Crippen molar-refractivity contribution in [2.75, 3.05) is 16.3 Å². The summed E-state index contributed by atoms with van der Waals surface area (Å²) in [5.41, 5.74) is 4.75. The number of hydrogen-bond donors (Lipinski definition) is 1. The lowest BCUT2D eigenvalue weighted by Crippen LogP contribution is -2.54. The van der Waals surface area contributed by atoms with Gasteiger partial charge in [-0.15, -0.1) is 0 Å². The van der Waals surface area contributed by atoms with Gasteiger partial charge in [0.2, 0.25) is 0 Å². The van der Waals surface area contributed by atoms with E-state index in [1.807, 2.05) is 30.3 Å². The average Bonchev–Trinajstić information content (AvgIpc) is 2.83. The van der Waals surface area contributed by atoms with Crippen molar-refractivity contribution in [1.29, 1.82) is 0 Å². The summed E-state index contributed by atoms with van der Waals surface area (Å²) in [5.74, 6) is -1.50. The predicted octanol–water partition coefficient (Wildman–Crippen LogP) is 4.61. The zero-order valence-electron chi connectivity index (χ0n) is 18.3. The molecular formula is C27H22FN3O2S. The Labute approximate surface area is 202 Å². The first-order valence-electron chi connectivity index (χ1n) is 11.1. The molecule has 34 heavy (non-hydrogen) atoms. The largest absolute Gasteiger partial charge is 0.367 e. The lowest BCUT2D eigenvalue weighted by molar-refractivity contribution is -0.122. The van der Waals surface area contributed by atoms with Crippen LogP contribution in [0.5, 0.6) is 0 Å². The third-order valence-electron chi connectivity index (χ3n) is 6.03. The number of thiocarbonyl (C=S) groups is 1. The molecule has 2 aliphatic rings. The van der Waals surface area contributed by atoms with Crippen molar-refractivity contribution < 1.29 is 14.0 Å². The number of carbonyl (C=O) groups excluding carboxylic acids is 2. The molecule has 0 aromatic heterocycles. The molecule has 2 amide bonds. The Balaban J connectivity index is 1.43. The molecule has 7 heteroatoms. The summed E-state index contributed by atoms with van der Waals surface area (Å²) in [6.45, 7) is 1.81. The van der Waals surface area contributed by atoms with Crippen molar-refractivity contribution >= 4 is 46.6 Å². The Hall–Kier alpha value is -3.84. The molecule has 3 aromatic carbocycles. The van der Waals surface area contributed by atoms with Crippen LogP contribution < -0.4 is 15.1 Å². The summed E-state index contributed by atoms with van der Waals surface area (Å²) in [4.78, 5) is 29.4. The molecule has 170 valence electrons. The molecule has 5 nitrogen and oxygen atoms in total. The number of rotatable bonds is 4. The topological polar surface area (TPSA) is 52.7 Å². The molecule has 0 saturated carbocycles. The molecule has 0 bridgehead atoms. The fourth-order valence-electron chi connectivity index (χ4n) is 4.40. The maximum atomic E-state index is 13.3. The Kier molecular flexibility index (Phi) is 5.94. The predicted molar refractivity (Wildman–Crippen MR) is 135 cm³/mol. The summed E-state index contributed by atoms with van der Waals surface area (Å²) in [5, 5.41) is 2.54. The highest BCUT2D eigenvalue weighted by Crippen LogP contribution is 2.30. The summed E-state index contributed by atoms with van der Waals surface area (Å²) in [6, 6.07) is 21.8. The van der Waals surface area contributed by atoms with Crippen molar-refractivity contribution in [2.24, 2.45) is 0 Å². The van der Waals surface area contributed by atoms with Crippen LogP contribution in [-0.2, 0) is 22.6 Å². The van der Waals surface area contributed by atoms with Crippen molar-refractivity contribution in [3.63, 3.8) is 0 Å². The maximum Gasteiger partial charge on any atom is 0.270 e. The second kappa shape index (κ2) is 9.19. The molecular weight excluding hydrogens is 449 g/mol. The van der Waals surface area contributed by atoms with E-state index in [9.17, 15) is 14.0 Å². The van der Waals surface area contributed by atoms with Crippen LogP contribution in [0, 0.1) is 5.82 Å². The van der Waals surface area contributed by atoms with Gasteiger partial charge < -0.3 is 4.90 Å². The molecule has 3 aromatic rings. The normalized spacial score (nSPS) is 17.1. The monoisotopic (exact) mass is 471 g/mol. The number of nitrogens with zero attached hydrogens (tertiary/aromatic N) is 2. The minimum atomic E-state index is -0.545. The van der Waals surface area contributed by atoms with Gasteiger partial charge in [-0.2, -0.15) is 0 Å². The van der Waals surface area contributed by atoms with Gasteiger partial charge in [-0.1, -0.05) is 36.4 Å². The van der Waals surface area contributed by atoms with Gasteiger partial charge in [-0.05, 0) is 84.2 Å². The van der Waals surface area contributed by atoms with Crippen LogP contribution in [0.3, 0.4) is 0 Å². The molecule has 0 atom stereocenters. The molecule has 0 spiro atoms. The number of anilines is 2. The fraction of sp³-hybridized carbons (Fsp3) is 0.148. The number of amides is 2. The molecule has 0 aliphatic carbocycles. The first kappa shape index (κ1) is 22.0. The number of carbonyl (C=O) groups is 2. The standard InChI is InChI=1S/C27H22FN3O2S/c28-21-9-11-22(12-10-21)31-26(33)23(25(32)29-27(31)34)16-19-8-13-24-20(15-19)7-4-14-30(24)17-18-5-2-1-3-6-18/h1-3,5-6,8-13,15-16H,4,7,14,17H2,(H,29,32,34). The molecule has 5 rings (SSSR count). The molecule has 2 aliphatic heterocycles. The van der Waals surface area contributed by atoms with E-state index in [2.05, 4.69) is 28.4 Å². The van der Waals surface area contributed by atoms with Gasteiger partial charge >= 0.3 is 0 Å². The van der Waals surface area contributed by atoms with Crippen molar-refractivity contribution in [3.8, 4) is 0 Å². The highest BCUT2D eigenvalue weighted by molar-refractivity contribution is 7.80. The number of aryl methyl sites for hydroxylation is 1. The third-order valence-corrected chi connectivity index (χ3v) is 6.32. The van der Waals surface area contributed by atoms with Crippen molar-refractivity contribution in [3.05, 3.63) is 101 Å². The smallest absolute Gasteiger partial charge is 0.270 e. The Morgan fingerprint density at radius 3 is 2.53 bits per heavy atom. The van der Waals surface area contributed by atoms with E-state index in [1.54, 1.807) is 6.08 Å². The minimum Gasteiger partial charge on any atom is -0.367 e. The molecule has 0 unspecified atom stereocenters. The van der Waals surface area contributed by atoms with Crippen LogP contribution in [0.15, 0.2) is 78.4 Å². The number of benzene rings is 3. The quantitative estimate of drug-likeness (QED) is 0.343. The number of fused-ring (bicyclic) bond motifs is 1. The van der Waals surface area contributed by atoms with E-state index in [0.717, 1.165) is 31.5 Å². The third kappa shape index (κ3) is 4.34. The second-order valence-electron chi connectivity index (χ2n) is 8.33. The fourth-order valence-corrected chi connectivity index (χ4v) is 4.68. The number of halogens is 1. The molecule has 2 heterocycles. The van der Waals surface area contributed by atoms with E-state index in [-0.39, 0.29) is 10.7 Å². The van der Waals surface area contributed by atoms with E-state index in [4.69, 9.17) is 12.2 Å². The molecule has 1 saturated heterocycles. The van der Waals surface area contributed by atoms with Crippen molar-refractivity contribution in [2.45, 2.75) is 19.4 Å². The molecule has 0 radical (unpaired) electrons. The minimum absolute atomic E-state index is 0.0187. The van der Waals surface area contributed by atoms with Crippen LogP contribution in [0.4, 0.5) is 15.8 Å². The van der Waals surface area contributed by atoms with Crippen LogP contribution in [0.2, 0.25) is 0 Å². The van der Waals surface area contributed by atoms with Gasteiger partial charge in [0.25, 0.3) is 11.8 Å². The lowest BCUT2D eigenvalue weighted by atomic mass is 9.97.